The molecule has 27 heavy (non-hydrogen) atoms. The van der Waals surface area contributed by atoms with Crippen LogP contribution in [-0.4, -0.2) is 35.1 Å². The number of aromatic hydroxyl groups is 1. The van der Waals surface area contributed by atoms with Gasteiger partial charge in [-0.1, -0.05) is 0 Å². The molecule has 0 amide bonds. The largest absolute Gasteiger partial charge is 0.494 e. The minimum Gasteiger partial charge on any atom is -0.494 e. The molecule has 7 heteroatoms. The molecule has 0 atom stereocenters. The van der Waals surface area contributed by atoms with Gasteiger partial charge in [-0.3, -0.25) is 9.59 Å². The lowest BCUT2D eigenvalue weighted by atomic mass is 10.0. The molecule has 0 fully saturated rings. The number of fused-ring (bicyclic) bond motifs is 1. The molecule has 2 aromatic carbocycles. The van der Waals surface area contributed by atoms with E-state index in [1.807, 2.05) is 0 Å². The number of rotatable bonds is 7. The zero-order valence-corrected chi connectivity index (χ0v) is 14.6. The number of aromatic amines is 1. The van der Waals surface area contributed by atoms with Crippen LogP contribution in [0.5, 0.6) is 11.6 Å². The van der Waals surface area contributed by atoms with Crippen molar-refractivity contribution in [1.82, 2.24) is 4.98 Å². The number of ketones is 1. The Morgan fingerprint density at radius 2 is 1.89 bits per heavy atom. The predicted octanol–water partition coefficient (Wildman–Crippen LogP) is 3.58. The molecule has 3 aromatic rings. The Balaban J connectivity index is 1.73. The van der Waals surface area contributed by atoms with E-state index in [0.717, 1.165) is 0 Å². The number of benzene rings is 2. The summed E-state index contributed by atoms with van der Waals surface area (Å²) >= 11 is 0. The van der Waals surface area contributed by atoms with E-state index in [9.17, 15) is 19.1 Å². The van der Waals surface area contributed by atoms with Gasteiger partial charge in [0.25, 0.3) is 0 Å². The Bertz CT molecular complexity index is 978. The second-order valence-corrected chi connectivity index (χ2v) is 5.80. The SMILES string of the molecule is CCOC(=O)CCOc1ccc(C(=O)c2c(O)[nH]c3cc(F)ccc23)cc1. The van der Waals surface area contributed by atoms with Crippen molar-refractivity contribution in [2.45, 2.75) is 13.3 Å². The van der Waals surface area contributed by atoms with Gasteiger partial charge in [-0.25, -0.2) is 4.39 Å². The molecule has 1 heterocycles. The second kappa shape index (κ2) is 7.90. The number of nitrogens with one attached hydrogen (secondary N) is 1. The highest BCUT2D eigenvalue weighted by atomic mass is 19.1. The van der Waals surface area contributed by atoms with Crippen molar-refractivity contribution < 1.29 is 28.6 Å². The summed E-state index contributed by atoms with van der Waals surface area (Å²) in [7, 11) is 0. The predicted molar refractivity (Wildman–Crippen MR) is 96.5 cm³/mol. The molecule has 1 aromatic heterocycles. The Kier molecular flexibility index (Phi) is 5.40. The number of H-pyrrole nitrogens is 1. The van der Waals surface area contributed by atoms with Crippen molar-refractivity contribution in [3.05, 3.63) is 59.4 Å². The van der Waals surface area contributed by atoms with Crippen molar-refractivity contribution in [2.75, 3.05) is 13.2 Å². The minimum absolute atomic E-state index is 0.0842. The number of esters is 1. The number of ether oxygens (including phenoxy) is 2. The Hall–Kier alpha value is -3.35. The molecule has 0 aliphatic rings. The lowest BCUT2D eigenvalue weighted by Crippen LogP contribution is -2.09. The molecule has 0 bridgehead atoms. The number of hydrogen-bond acceptors (Lipinski definition) is 5. The summed E-state index contributed by atoms with van der Waals surface area (Å²) in [5.41, 5.74) is 0.768. The zero-order valence-electron chi connectivity index (χ0n) is 14.6. The molecule has 0 saturated carbocycles. The monoisotopic (exact) mass is 371 g/mol. The number of hydrogen-bond donors (Lipinski definition) is 2. The zero-order chi connectivity index (χ0) is 19.4. The van der Waals surface area contributed by atoms with Crippen LogP contribution >= 0.6 is 0 Å². The molecule has 6 nitrogen and oxygen atoms in total. The van der Waals surface area contributed by atoms with E-state index in [1.165, 1.54) is 18.2 Å². The van der Waals surface area contributed by atoms with Crippen molar-refractivity contribution in [1.29, 1.82) is 0 Å². The molecule has 140 valence electrons. The van der Waals surface area contributed by atoms with E-state index in [0.29, 0.717) is 28.8 Å². The highest BCUT2D eigenvalue weighted by molar-refractivity contribution is 6.18. The molecular formula is C20H18FNO5. The highest BCUT2D eigenvalue weighted by Gasteiger charge is 2.20. The van der Waals surface area contributed by atoms with E-state index in [2.05, 4.69) is 4.98 Å². The first-order chi connectivity index (χ1) is 13.0. The fraction of sp³-hybridized carbons (Fsp3) is 0.200. The van der Waals surface area contributed by atoms with Crippen LogP contribution in [0, 0.1) is 5.82 Å². The van der Waals surface area contributed by atoms with Crippen molar-refractivity contribution in [3.8, 4) is 11.6 Å². The summed E-state index contributed by atoms with van der Waals surface area (Å²) < 4.78 is 23.6. The normalized spacial score (nSPS) is 10.7. The van der Waals surface area contributed by atoms with Crippen LogP contribution in [-0.2, 0) is 9.53 Å². The quantitative estimate of drug-likeness (QED) is 0.490. The van der Waals surface area contributed by atoms with Crippen LogP contribution in [0.4, 0.5) is 4.39 Å². The first-order valence-electron chi connectivity index (χ1n) is 8.43. The van der Waals surface area contributed by atoms with Gasteiger partial charge in [0.05, 0.1) is 30.7 Å². The molecular weight excluding hydrogens is 353 g/mol. The maximum Gasteiger partial charge on any atom is 0.309 e. The third kappa shape index (κ3) is 4.08. The summed E-state index contributed by atoms with van der Waals surface area (Å²) in [5.74, 6) is -1.01. The third-order valence-corrected chi connectivity index (χ3v) is 3.96. The average Bonchev–Trinajstić information content (AvgIpc) is 2.96. The fourth-order valence-corrected chi connectivity index (χ4v) is 2.72. The molecule has 0 radical (unpaired) electrons. The van der Waals surface area contributed by atoms with Crippen LogP contribution in [0.25, 0.3) is 10.9 Å². The first kappa shape index (κ1) is 18.4. The fourth-order valence-electron chi connectivity index (χ4n) is 2.72. The van der Waals surface area contributed by atoms with Crippen molar-refractivity contribution >= 4 is 22.7 Å². The van der Waals surface area contributed by atoms with Crippen LogP contribution in [0.3, 0.4) is 0 Å². The Labute approximate surface area is 154 Å². The van der Waals surface area contributed by atoms with E-state index < -0.39 is 11.6 Å². The van der Waals surface area contributed by atoms with Crippen LogP contribution in [0.15, 0.2) is 42.5 Å². The van der Waals surface area contributed by atoms with Gasteiger partial charge in [0, 0.05) is 10.9 Å². The van der Waals surface area contributed by atoms with Crippen molar-refractivity contribution in [2.24, 2.45) is 0 Å². The smallest absolute Gasteiger partial charge is 0.309 e. The standard InChI is InChI=1S/C20H18FNO5/c1-2-26-17(23)9-10-27-14-6-3-12(4-7-14)19(24)18-15-8-5-13(21)11-16(15)22-20(18)25/h3-8,11,22,25H,2,9-10H2,1H3. The molecule has 0 aliphatic carbocycles. The summed E-state index contributed by atoms with van der Waals surface area (Å²) in [6.45, 7) is 2.22. The minimum atomic E-state index is -0.466. The third-order valence-electron chi connectivity index (χ3n) is 3.96. The topological polar surface area (TPSA) is 88.6 Å². The van der Waals surface area contributed by atoms with Gasteiger partial charge >= 0.3 is 5.97 Å². The summed E-state index contributed by atoms with van der Waals surface area (Å²) in [6, 6.07) is 10.2. The number of halogens is 1. The Morgan fingerprint density at radius 1 is 1.15 bits per heavy atom. The molecule has 0 unspecified atom stereocenters. The second-order valence-electron chi connectivity index (χ2n) is 5.80. The van der Waals surface area contributed by atoms with Gasteiger partial charge in [-0.2, -0.15) is 0 Å². The van der Waals surface area contributed by atoms with Gasteiger partial charge < -0.3 is 19.6 Å². The first-order valence-corrected chi connectivity index (χ1v) is 8.43. The average molecular weight is 371 g/mol. The van der Waals surface area contributed by atoms with E-state index in [1.54, 1.807) is 31.2 Å². The highest BCUT2D eigenvalue weighted by Crippen LogP contribution is 2.30. The number of carbonyl (C=O) groups is 2. The molecule has 3 rings (SSSR count). The summed E-state index contributed by atoms with van der Waals surface area (Å²) in [4.78, 5) is 26.6. The number of aromatic nitrogens is 1. The van der Waals surface area contributed by atoms with Gasteiger partial charge in [0.1, 0.15) is 11.6 Å². The van der Waals surface area contributed by atoms with E-state index in [4.69, 9.17) is 9.47 Å². The van der Waals surface area contributed by atoms with Gasteiger partial charge in [0.15, 0.2) is 5.78 Å². The Morgan fingerprint density at radius 3 is 2.59 bits per heavy atom. The maximum absolute atomic E-state index is 13.3. The molecule has 2 N–H and O–H groups in total. The van der Waals surface area contributed by atoms with Crippen LogP contribution in [0.2, 0.25) is 0 Å². The number of carbonyl (C=O) groups excluding carboxylic acids is 2. The van der Waals surface area contributed by atoms with E-state index >= 15 is 0 Å². The van der Waals surface area contributed by atoms with Crippen LogP contribution in [0.1, 0.15) is 29.3 Å². The molecule has 0 spiro atoms. The molecule has 0 saturated heterocycles. The van der Waals surface area contributed by atoms with Crippen molar-refractivity contribution in [3.63, 3.8) is 0 Å². The lowest BCUT2D eigenvalue weighted by Gasteiger charge is -2.07. The van der Waals surface area contributed by atoms with Gasteiger partial charge in [-0.15, -0.1) is 0 Å². The van der Waals surface area contributed by atoms with Gasteiger partial charge in [0.2, 0.25) is 5.88 Å². The van der Waals surface area contributed by atoms with Crippen LogP contribution < -0.4 is 4.74 Å². The van der Waals surface area contributed by atoms with Gasteiger partial charge in [-0.05, 0) is 49.4 Å². The van der Waals surface area contributed by atoms with E-state index in [-0.39, 0.29) is 30.4 Å². The summed E-state index contributed by atoms with van der Waals surface area (Å²) in [6.07, 6.45) is 0.133. The summed E-state index contributed by atoms with van der Waals surface area (Å²) in [5, 5.41) is 10.5. The molecule has 0 aliphatic heterocycles. The maximum atomic E-state index is 13.3. The lowest BCUT2D eigenvalue weighted by molar-refractivity contribution is -0.143.